The van der Waals surface area contributed by atoms with Gasteiger partial charge in [-0.25, -0.2) is 4.79 Å². The molecular weight excluding hydrogens is 286 g/mol. The fourth-order valence-electron chi connectivity index (χ4n) is 2.83. The summed E-state index contributed by atoms with van der Waals surface area (Å²) in [6.45, 7) is 0.884. The van der Waals surface area contributed by atoms with Crippen LogP contribution >= 0.6 is 0 Å². The van der Waals surface area contributed by atoms with Gasteiger partial charge in [-0.3, -0.25) is 4.90 Å². The lowest BCUT2D eigenvalue weighted by atomic mass is 10.1. The monoisotopic (exact) mass is 307 g/mol. The predicted octanol–water partition coefficient (Wildman–Crippen LogP) is 3.67. The van der Waals surface area contributed by atoms with Crippen molar-refractivity contribution in [3.05, 3.63) is 83.9 Å². The molecule has 23 heavy (non-hydrogen) atoms. The molecule has 2 aromatic rings. The Morgan fingerprint density at radius 3 is 2.39 bits per heavy atom. The van der Waals surface area contributed by atoms with Gasteiger partial charge in [0.05, 0.1) is 5.56 Å². The number of carbonyl (C=O) groups is 1. The quantitative estimate of drug-likeness (QED) is 0.623. The van der Waals surface area contributed by atoms with Gasteiger partial charge in [-0.05, 0) is 30.8 Å². The van der Waals surface area contributed by atoms with E-state index in [1.54, 1.807) is 12.1 Å². The van der Waals surface area contributed by atoms with E-state index in [-0.39, 0.29) is 12.1 Å². The van der Waals surface area contributed by atoms with Crippen LogP contribution in [0.5, 0.6) is 0 Å². The average molecular weight is 307 g/mol. The topological polar surface area (TPSA) is 29.5 Å². The summed E-state index contributed by atoms with van der Waals surface area (Å²) < 4.78 is 5.58. The number of likely N-dealkylation sites (N-methyl/N-ethyl adjacent to an activating group) is 1. The summed E-state index contributed by atoms with van der Waals surface area (Å²) in [6.07, 6.45) is 4.78. The number of rotatable bonds is 5. The van der Waals surface area contributed by atoms with Crippen LogP contribution < -0.4 is 0 Å². The van der Waals surface area contributed by atoms with Crippen LogP contribution in [-0.4, -0.2) is 30.1 Å². The van der Waals surface area contributed by atoms with Crippen molar-refractivity contribution in [1.29, 1.82) is 0 Å². The Balaban J connectivity index is 1.53. The molecule has 0 saturated carbocycles. The molecule has 3 nitrogen and oxygen atoms in total. The molecule has 2 atom stereocenters. The molecule has 3 heteroatoms. The Kier molecular flexibility index (Phi) is 4.89. The van der Waals surface area contributed by atoms with Gasteiger partial charge in [0, 0.05) is 19.0 Å². The van der Waals surface area contributed by atoms with Crippen LogP contribution in [0.1, 0.15) is 22.3 Å². The zero-order valence-electron chi connectivity index (χ0n) is 13.3. The molecule has 1 aliphatic rings. The predicted molar refractivity (Wildman–Crippen MR) is 91.1 cm³/mol. The Morgan fingerprint density at radius 1 is 1.04 bits per heavy atom. The molecule has 0 aromatic heterocycles. The maximum absolute atomic E-state index is 12.1. The molecule has 0 aliphatic heterocycles. The normalized spacial score (nSPS) is 19.9. The van der Waals surface area contributed by atoms with E-state index in [9.17, 15) is 4.79 Å². The van der Waals surface area contributed by atoms with Crippen LogP contribution in [0.15, 0.2) is 72.8 Å². The van der Waals surface area contributed by atoms with Crippen LogP contribution in [0.2, 0.25) is 0 Å². The molecule has 0 unspecified atom stereocenters. The molecule has 0 bridgehead atoms. The Morgan fingerprint density at radius 2 is 1.70 bits per heavy atom. The lowest BCUT2D eigenvalue weighted by Gasteiger charge is -2.24. The largest absolute Gasteiger partial charge is 0.454 e. The minimum Gasteiger partial charge on any atom is -0.454 e. The minimum absolute atomic E-state index is 0.147. The highest BCUT2D eigenvalue weighted by atomic mass is 16.5. The maximum atomic E-state index is 12.1. The molecule has 1 aliphatic carbocycles. The number of nitrogens with zero attached hydrogens (tertiary/aromatic N) is 1. The zero-order chi connectivity index (χ0) is 16.1. The summed E-state index contributed by atoms with van der Waals surface area (Å²) in [5, 5.41) is 0. The summed E-state index contributed by atoms with van der Waals surface area (Å²) in [5.74, 6) is -0.258. The molecule has 118 valence electrons. The fourth-order valence-corrected chi connectivity index (χ4v) is 2.83. The van der Waals surface area contributed by atoms with Crippen LogP contribution in [0, 0.1) is 0 Å². The van der Waals surface area contributed by atoms with Gasteiger partial charge in [-0.1, -0.05) is 54.6 Å². The number of esters is 1. The number of hydrogen-bond acceptors (Lipinski definition) is 3. The highest BCUT2D eigenvalue weighted by molar-refractivity contribution is 5.89. The summed E-state index contributed by atoms with van der Waals surface area (Å²) in [5.41, 5.74) is 1.88. The van der Waals surface area contributed by atoms with Crippen molar-refractivity contribution in [2.75, 3.05) is 7.05 Å². The van der Waals surface area contributed by atoms with Crippen molar-refractivity contribution in [1.82, 2.24) is 4.90 Å². The second-order valence-electron chi connectivity index (χ2n) is 5.90. The smallest absolute Gasteiger partial charge is 0.338 e. The van der Waals surface area contributed by atoms with E-state index in [1.165, 1.54) is 5.56 Å². The molecule has 0 amide bonds. The lowest BCUT2D eigenvalue weighted by molar-refractivity contribution is 0.0367. The van der Waals surface area contributed by atoms with Crippen molar-refractivity contribution < 1.29 is 9.53 Å². The summed E-state index contributed by atoms with van der Waals surface area (Å²) in [4.78, 5) is 14.4. The first kappa shape index (κ1) is 15.5. The van der Waals surface area contributed by atoms with E-state index in [2.05, 4.69) is 42.3 Å². The first-order valence-electron chi connectivity index (χ1n) is 7.91. The van der Waals surface area contributed by atoms with E-state index in [4.69, 9.17) is 4.74 Å². The van der Waals surface area contributed by atoms with Gasteiger partial charge in [0.1, 0.15) is 6.10 Å². The van der Waals surface area contributed by atoms with Gasteiger partial charge in [0.25, 0.3) is 0 Å². The third kappa shape index (κ3) is 4.08. The molecule has 3 rings (SSSR count). The van der Waals surface area contributed by atoms with E-state index in [1.807, 2.05) is 30.3 Å². The first-order valence-corrected chi connectivity index (χ1v) is 7.91. The Labute approximate surface area is 137 Å². The van der Waals surface area contributed by atoms with Gasteiger partial charge in [-0.15, -0.1) is 0 Å². The Hall–Kier alpha value is -2.39. The van der Waals surface area contributed by atoms with E-state index in [0.717, 1.165) is 13.0 Å². The highest BCUT2D eigenvalue weighted by Crippen LogP contribution is 2.21. The summed E-state index contributed by atoms with van der Waals surface area (Å²) in [6, 6.07) is 19.8. The first-order chi connectivity index (χ1) is 11.2. The number of hydrogen-bond donors (Lipinski definition) is 0. The van der Waals surface area contributed by atoms with Gasteiger partial charge in [0.15, 0.2) is 0 Å². The molecule has 0 spiro atoms. The van der Waals surface area contributed by atoms with Crippen molar-refractivity contribution >= 4 is 5.97 Å². The van der Waals surface area contributed by atoms with Gasteiger partial charge in [0.2, 0.25) is 0 Å². The van der Waals surface area contributed by atoms with Gasteiger partial charge < -0.3 is 4.74 Å². The number of ether oxygens (including phenoxy) is 1. The SMILES string of the molecule is CN(Cc1ccccc1)[C@@H]1C=C[C@H](OC(=O)c2ccccc2)C1. The molecule has 2 aromatic carbocycles. The van der Waals surface area contributed by atoms with Gasteiger partial charge >= 0.3 is 5.97 Å². The maximum Gasteiger partial charge on any atom is 0.338 e. The number of carbonyl (C=O) groups excluding carboxylic acids is 1. The van der Waals surface area contributed by atoms with Crippen molar-refractivity contribution in [3.63, 3.8) is 0 Å². The van der Waals surface area contributed by atoms with Crippen LogP contribution in [0.3, 0.4) is 0 Å². The minimum atomic E-state index is -0.258. The Bertz CT molecular complexity index is 667. The fraction of sp³-hybridized carbons (Fsp3) is 0.250. The van der Waals surface area contributed by atoms with Crippen molar-refractivity contribution in [2.45, 2.75) is 25.1 Å². The third-order valence-corrected chi connectivity index (χ3v) is 4.13. The van der Waals surface area contributed by atoms with Crippen molar-refractivity contribution in [2.24, 2.45) is 0 Å². The van der Waals surface area contributed by atoms with Crippen molar-refractivity contribution in [3.8, 4) is 0 Å². The average Bonchev–Trinajstić information content (AvgIpc) is 3.05. The molecule has 0 fully saturated rings. The second kappa shape index (κ2) is 7.25. The summed E-state index contributed by atoms with van der Waals surface area (Å²) >= 11 is 0. The van der Waals surface area contributed by atoms with Crippen LogP contribution in [-0.2, 0) is 11.3 Å². The van der Waals surface area contributed by atoms with Crippen LogP contribution in [0.25, 0.3) is 0 Å². The standard InChI is InChI=1S/C20H21NO2/c1-21(15-16-8-4-2-5-9-16)18-12-13-19(14-18)23-20(22)17-10-6-3-7-11-17/h2-13,18-19H,14-15H2,1H3/t18-,19+/m1/s1. The summed E-state index contributed by atoms with van der Waals surface area (Å²) in [7, 11) is 2.10. The molecule has 0 radical (unpaired) electrons. The van der Waals surface area contributed by atoms with Crippen LogP contribution in [0.4, 0.5) is 0 Å². The second-order valence-corrected chi connectivity index (χ2v) is 5.90. The number of benzene rings is 2. The molecule has 0 heterocycles. The lowest BCUT2D eigenvalue weighted by Crippen LogP contribution is -2.30. The molecule has 0 saturated heterocycles. The van der Waals surface area contributed by atoms with E-state index in [0.29, 0.717) is 11.6 Å². The van der Waals surface area contributed by atoms with E-state index < -0.39 is 0 Å². The molecular formula is C20H21NO2. The third-order valence-electron chi connectivity index (χ3n) is 4.13. The highest BCUT2D eigenvalue weighted by Gasteiger charge is 2.25. The zero-order valence-corrected chi connectivity index (χ0v) is 13.3. The van der Waals surface area contributed by atoms with E-state index >= 15 is 0 Å². The van der Waals surface area contributed by atoms with Gasteiger partial charge in [-0.2, -0.15) is 0 Å². The molecule has 0 N–H and O–H groups in total.